The first kappa shape index (κ1) is 15.1. The van der Waals surface area contributed by atoms with Crippen LogP contribution in [0, 0.1) is 0 Å². The van der Waals surface area contributed by atoms with Crippen LogP contribution in [0.3, 0.4) is 0 Å². The van der Waals surface area contributed by atoms with Crippen LogP contribution in [0.2, 0.25) is 0 Å². The summed E-state index contributed by atoms with van der Waals surface area (Å²) >= 11 is 1.90. The van der Waals surface area contributed by atoms with Crippen LogP contribution in [-0.4, -0.2) is 52.1 Å². The average Bonchev–Trinajstić information content (AvgIpc) is 2.36. The number of amides is 2. The lowest BCUT2D eigenvalue weighted by Crippen LogP contribution is -2.50. The van der Waals surface area contributed by atoms with Gasteiger partial charge in [-0.05, 0) is 37.7 Å². The van der Waals surface area contributed by atoms with Gasteiger partial charge in [0.2, 0.25) is 0 Å². The molecule has 5 nitrogen and oxygen atoms in total. The Kier molecular flexibility index (Phi) is 6.32. The minimum atomic E-state index is -0.968. The first-order valence-electron chi connectivity index (χ1n) is 6.41. The number of urea groups is 1. The molecule has 2 amide bonds. The van der Waals surface area contributed by atoms with E-state index in [-0.39, 0.29) is 24.7 Å². The third-order valence-electron chi connectivity index (χ3n) is 3.24. The van der Waals surface area contributed by atoms with Crippen LogP contribution in [0.15, 0.2) is 0 Å². The van der Waals surface area contributed by atoms with Gasteiger partial charge in [-0.15, -0.1) is 0 Å². The van der Waals surface area contributed by atoms with E-state index in [1.807, 2.05) is 25.6 Å². The van der Waals surface area contributed by atoms with Gasteiger partial charge in [0.1, 0.15) is 6.54 Å². The molecule has 0 bridgehead atoms. The summed E-state index contributed by atoms with van der Waals surface area (Å²) in [4.78, 5) is 24.3. The fraction of sp³-hybridized carbons (Fsp3) is 0.833. The smallest absolute Gasteiger partial charge is 0.323 e. The van der Waals surface area contributed by atoms with Gasteiger partial charge in [-0.1, -0.05) is 6.92 Å². The Hall–Kier alpha value is -0.910. The van der Waals surface area contributed by atoms with Gasteiger partial charge in [-0.3, -0.25) is 4.79 Å². The molecule has 0 aliphatic carbocycles. The van der Waals surface area contributed by atoms with Gasteiger partial charge in [0.05, 0.1) is 0 Å². The lowest BCUT2D eigenvalue weighted by molar-refractivity contribution is -0.138. The van der Waals surface area contributed by atoms with E-state index in [1.54, 1.807) is 0 Å². The number of carbonyl (C=O) groups excluding carboxylic acids is 1. The molecule has 1 fully saturated rings. The summed E-state index contributed by atoms with van der Waals surface area (Å²) in [5, 5.41) is 11.8. The van der Waals surface area contributed by atoms with Crippen LogP contribution in [0.4, 0.5) is 4.79 Å². The number of carboxylic acids is 1. The van der Waals surface area contributed by atoms with Crippen molar-refractivity contribution < 1.29 is 14.7 Å². The highest BCUT2D eigenvalue weighted by molar-refractivity contribution is 7.99. The Morgan fingerprint density at radius 3 is 2.56 bits per heavy atom. The molecule has 18 heavy (non-hydrogen) atoms. The Morgan fingerprint density at radius 1 is 1.44 bits per heavy atom. The van der Waals surface area contributed by atoms with Gasteiger partial charge >= 0.3 is 12.0 Å². The van der Waals surface area contributed by atoms with Crippen LogP contribution < -0.4 is 5.32 Å². The standard InChI is InChI=1S/C12H22N2O3S/c1-3-9(2)14(8-11(15)16)12(17)13-10-4-6-18-7-5-10/h9-10H,3-8H2,1-2H3,(H,13,17)(H,15,16). The van der Waals surface area contributed by atoms with Crippen LogP contribution in [-0.2, 0) is 4.79 Å². The van der Waals surface area contributed by atoms with Crippen molar-refractivity contribution in [1.82, 2.24) is 10.2 Å². The van der Waals surface area contributed by atoms with Crippen molar-refractivity contribution in [2.75, 3.05) is 18.1 Å². The number of nitrogens with zero attached hydrogens (tertiary/aromatic N) is 1. The maximum Gasteiger partial charge on any atom is 0.323 e. The predicted octanol–water partition coefficient (Wildman–Crippen LogP) is 1.78. The summed E-state index contributed by atoms with van der Waals surface area (Å²) in [6.45, 7) is 3.59. The molecule has 1 unspecified atom stereocenters. The van der Waals surface area contributed by atoms with E-state index in [0.29, 0.717) is 0 Å². The highest BCUT2D eigenvalue weighted by Crippen LogP contribution is 2.17. The number of aliphatic carboxylic acids is 1. The van der Waals surface area contributed by atoms with Gasteiger partial charge in [0.15, 0.2) is 0 Å². The lowest BCUT2D eigenvalue weighted by atomic mass is 10.1. The van der Waals surface area contributed by atoms with E-state index >= 15 is 0 Å². The molecule has 104 valence electrons. The third-order valence-corrected chi connectivity index (χ3v) is 4.29. The van der Waals surface area contributed by atoms with Gasteiger partial charge in [-0.2, -0.15) is 11.8 Å². The Morgan fingerprint density at radius 2 is 2.06 bits per heavy atom. The van der Waals surface area contributed by atoms with Crippen molar-refractivity contribution in [3.05, 3.63) is 0 Å². The number of nitrogens with one attached hydrogen (secondary N) is 1. The molecule has 0 aromatic rings. The van der Waals surface area contributed by atoms with E-state index in [0.717, 1.165) is 30.8 Å². The quantitative estimate of drug-likeness (QED) is 0.801. The molecule has 0 aromatic carbocycles. The highest BCUT2D eigenvalue weighted by Gasteiger charge is 2.24. The fourth-order valence-electron chi connectivity index (χ4n) is 1.89. The van der Waals surface area contributed by atoms with Crippen molar-refractivity contribution in [3.8, 4) is 0 Å². The number of rotatable bonds is 5. The monoisotopic (exact) mass is 274 g/mol. The third kappa shape index (κ3) is 4.76. The van der Waals surface area contributed by atoms with Crippen molar-refractivity contribution in [2.45, 2.75) is 45.2 Å². The molecule has 1 rings (SSSR count). The average molecular weight is 274 g/mol. The minimum Gasteiger partial charge on any atom is -0.480 e. The summed E-state index contributed by atoms with van der Waals surface area (Å²) < 4.78 is 0. The van der Waals surface area contributed by atoms with Crippen LogP contribution in [0.25, 0.3) is 0 Å². The van der Waals surface area contributed by atoms with Gasteiger partial charge in [-0.25, -0.2) is 4.79 Å². The van der Waals surface area contributed by atoms with Crippen molar-refractivity contribution in [1.29, 1.82) is 0 Å². The first-order chi connectivity index (χ1) is 8.54. The normalized spacial score (nSPS) is 18.1. The molecule has 1 atom stereocenters. The Labute approximate surface area is 112 Å². The molecule has 6 heteroatoms. The van der Waals surface area contributed by atoms with E-state index in [2.05, 4.69) is 5.32 Å². The predicted molar refractivity (Wildman–Crippen MR) is 73.0 cm³/mol. The molecule has 0 saturated carbocycles. The molecule has 0 radical (unpaired) electrons. The molecular weight excluding hydrogens is 252 g/mol. The van der Waals surface area contributed by atoms with Crippen molar-refractivity contribution in [3.63, 3.8) is 0 Å². The van der Waals surface area contributed by atoms with E-state index in [4.69, 9.17) is 5.11 Å². The SMILES string of the molecule is CCC(C)N(CC(=O)O)C(=O)NC1CCSCC1. The molecule has 1 saturated heterocycles. The molecule has 1 heterocycles. The Bertz CT molecular complexity index is 293. The van der Waals surface area contributed by atoms with E-state index in [9.17, 15) is 9.59 Å². The summed E-state index contributed by atoms with van der Waals surface area (Å²) in [6, 6.07) is -0.109. The molecule has 0 aromatic heterocycles. The first-order valence-corrected chi connectivity index (χ1v) is 7.56. The molecule has 2 N–H and O–H groups in total. The largest absolute Gasteiger partial charge is 0.480 e. The van der Waals surface area contributed by atoms with Crippen LogP contribution >= 0.6 is 11.8 Å². The lowest BCUT2D eigenvalue weighted by Gasteiger charge is -2.30. The van der Waals surface area contributed by atoms with Gasteiger partial charge < -0.3 is 15.3 Å². The van der Waals surface area contributed by atoms with Gasteiger partial charge in [0.25, 0.3) is 0 Å². The molecule has 1 aliphatic heterocycles. The van der Waals surface area contributed by atoms with Crippen molar-refractivity contribution >= 4 is 23.8 Å². The van der Waals surface area contributed by atoms with Gasteiger partial charge in [0, 0.05) is 12.1 Å². The maximum atomic E-state index is 12.1. The maximum absolute atomic E-state index is 12.1. The second kappa shape index (κ2) is 7.51. The number of carboxylic acid groups (broad SMARTS) is 1. The number of hydrogen-bond acceptors (Lipinski definition) is 3. The topological polar surface area (TPSA) is 69.6 Å². The summed E-state index contributed by atoms with van der Waals surface area (Å²) in [5.74, 6) is 1.16. The fourth-order valence-corrected chi connectivity index (χ4v) is 3.00. The zero-order chi connectivity index (χ0) is 13.5. The zero-order valence-electron chi connectivity index (χ0n) is 11.0. The second-order valence-corrected chi connectivity index (χ2v) is 5.84. The minimum absolute atomic E-state index is 0.0564. The van der Waals surface area contributed by atoms with E-state index < -0.39 is 5.97 Å². The molecule has 1 aliphatic rings. The summed E-state index contributed by atoms with van der Waals surface area (Å²) in [5.41, 5.74) is 0. The Balaban J connectivity index is 2.54. The summed E-state index contributed by atoms with van der Waals surface area (Å²) in [6.07, 6.45) is 2.69. The second-order valence-electron chi connectivity index (χ2n) is 4.62. The van der Waals surface area contributed by atoms with Crippen molar-refractivity contribution in [2.24, 2.45) is 0 Å². The molecular formula is C12H22N2O3S. The van der Waals surface area contributed by atoms with Crippen LogP contribution in [0.1, 0.15) is 33.1 Å². The van der Waals surface area contributed by atoms with E-state index in [1.165, 1.54) is 4.90 Å². The zero-order valence-corrected chi connectivity index (χ0v) is 11.8. The number of hydrogen-bond donors (Lipinski definition) is 2. The number of thioether (sulfide) groups is 1. The summed E-state index contributed by atoms with van der Waals surface area (Å²) in [7, 11) is 0. The van der Waals surface area contributed by atoms with Crippen LogP contribution in [0.5, 0.6) is 0 Å². The highest BCUT2D eigenvalue weighted by atomic mass is 32.2. The molecule has 0 spiro atoms. The number of carbonyl (C=O) groups is 2.